The zero-order chi connectivity index (χ0) is 16.1. The van der Waals surface area contributed by atoms with Gasteiger partial charge in [-0.25, -0.2) is 4.39 Å². The predicted octanol–water partition coefficient (Wildman–Crippen LogP) is 4.68. The first-order valence-electron chi connectivity index (χ1n) is 7.77. The number of hydrogen-bond donors (Lipinski definition) is 0. The van der Waals surface area contributed by atoms with Crippen molar-refractivity contribution in [3.8, 4) is 0 Å². The molecule has 1 aliphatic heterocycles. The Balaban J connectivity index is 1.87. The number of rotatable bonds is 2. The van der Waals surface area contributed by atoms with Gasteiger partial charge in [0.05, 0.1) is 11.7 Å². The van der Waals surface area contributed by atoms with Gasteiger partial charge < -0.3 is 4.42 Å². The van der Waals surface area contributed by atoms with Crippen molar-refractivity contribution in [1.82, 2.24) is 0 Å². The lowest BCUT2D eigenvalue weighted by molar-refractivity contribution is 0.112. The number of carbonyl (C=O) groups is 2. The van der Waals surface area contributed by atoms with Gasteiger partial charge in [-0.1, -0.05) is 24.6 Å². The fraction of sp³-hybridized carbons (Fsp3) is 0.412. The molecule has 0 bridgehead atoms. The topological polar surface area (TPSA) is 50.5 Å². The Kier molecular flexibility index (Phi) is 3.44. The van der Waals surface area contributed by atoms with Gasteiger partial charge >= 0.3 is 0 Å². The summed E-state index contributed by atoms with van der Waals surface area (Å²) in [7, 11) is 0. The van der Waals surface area contributed by atoms with E-state index in [0.29, 0.717) is 22.6 Å². The van der Waals surface area contributed by atoms with E-state index in [1.807, 2.05) is 0 Å². The summed E-state index contributed by atoms with van der Waals surface area (Å²) >= 11 is 1.36. The van der Waals surface area contributed by atoms with Crippen molar-refractivity contribution < 1.29 is 18.4 Å². The van der Waals surface area contributed by atoms with Crippen LogP contribution < -0.4 is 4.90 Å². The fourth-order valence-corrected chi connectivity index (χ4v) is 4.95. The minimum atomic E-state index is -0.532. The molecule has 0 unspecified atom stereocenters. The van der Waals surface area contributed by atoms with Crippen LogP contribution >= 0.6 is 11.8 Å². The summed E-state index contributed by atoms with van der Waals surface area (Å²) in [5.41, 5.74) is 1.25. The minimum absolute atomic E-state index is 0.0155. The third-order valence-corrected chi connectivity index (χ3v) is 6.16. The standard InChI is InChI=1S/C17H16FNO3S/c1-9-10(7-20)6-11-13(8-22-16(11)15(9)18)19-12-4-2-3-5-14(12)23-17(19)21/h6-8,12,14H,2-5H2,1H3/t12-,14+/m1/s1. The Morgan fingerprint density at radius 3 is 2.96 bits per heavy atom. The highest BCUT2D eigenvalue weighted by atomic mass is 32.2. The summed E-state index contributed by atoms with van der Waals surface area (Å²) in [5.74, 6) is -0.532. The van der Waals surface area contributed by atoms with Gasteiger partial charge in [0.15, 0.2) is 11.4 Å². The van der Waals surface area contributed by atoms with E-state index in [1.165, 1.54) is 18.0 Å². The maximum Gasteiger partial charge on any atom is 0.286 e. The third kappa shape index (κ3) is 2.11. The van der Waals surface area contributed by atoms with E-state index in [2.05, 4.69) is 0 Å². The van der Waals surface area contributed by atoms with Gasteiger partial charge in [0.2, 0.25) is 0 Å². The summed E-state index contributed by atoms with van der Waals surface area (Å²) < 4.78 is 19.8. The van der Waals surface area contributed by atoms with Crippen LogP contribution in [-0.2, 0) is 0 Å². The minimum Gasteiger partial charge on any atom is -0.459 e. The van der Waals surface area contributed by atoms with E-state index in [-0.39, 0.29) is 28.0 Å². The molecular weight excluding hydrogens is 317 g/mol. The number of halogens is 1. The molecule has 0 spiro atoms. The van der Waals surface area contributed by atoms with Gasteiger partial charge in [-0.05, 0) is 31.4 Å². The molecule has 2 heterocycles. The maximum atomic E-state index is 14.4. The lowest BCUT2D eigenvalue weighted by Gasteiger charge is -2.29. The molecule has 4 nitrogen and oxygen atoms in total. The van der Waals surface area contributed by atoms with E-state index in [1.54, 1.807) is 17.9 Å². The van der Waals surface area contributed by atoms with Gasteiger partial charge in [0, 0.05) is 16.2 Å². The lowest BCUT2D eigenvalue weighted by Crippen LogP contribution is -2.38. The number of hydrogen-bond acceptors (Lipinski definition) is 4. The van der Waals surface area contributed by atoms with Crippen LogP contribution in [0.5, 0.6) is 0 Å². The summed E-state index contributed by atoms with van der Waals surface area (Å²) in [6.45, 7) is 1.55. The molecule has 0 radical (unpaired) electrons. The molecule has 1 aliphatic carbocycles. The maximum absolute atomic E-state index is 14.4. The van der Waals surface area contributed by atoms with Crippen LogP contribution in [-0.4, -0.2) is 22.8 Å². The molecule has 2 aliphatic rings. The zero-order valence-corrected chi connectivity index (χ0v) is 13.5. The molecule has 1 saturated carbocycles. The molecule has 1 aromatic heterocycles. The lowest BCUT2D eigenvalue weighted by atomic mass is 9.93. The first kappa shape index (κ1) is 14.8. The normalized spacial score (nSPS) is 24.3. The van der Waals surface area contributed by atoms with Crippen LogP contribution in [0.2, 0.25) is 0 Å². The quantitative estimate of drug-likeness (QED) is 0.749. The third-order valence-electron chi connectivity index (χ3n) is 4.91. The number of anilines is 1. The number of nitrogens with zero attached hydrogens (tertiary/aromatic N) is 1. The number of amides is 1. The van der Waals surface area contributed by atoms with Crippen LogP contribution in [0.3, 0.4) is 0 Å². The molecule has 1 amide bonds. The second kappa shape index (κ2) is 5.37. The first-order valence-corrected chi connectivity index (χ1v) is 8.65. The molecule has 23 heavy (non-hydrogen) atoms. The molecule has 1 aromatic carbocycles. The van der Waals surface area contributed by atoms with E-state index >= 15 is 0 Å². The second-order valence-corrected chi connectivity index (χ2v) is 7.35. The number of benzene rings is 1. The van der Waals surface area contributed by atoms with Gasteiger partial charge in [0.25, 0.3) is 5.24 Å². The van der Waals surface area contributed by atoms with Crippen LogP contribution in [0.25, 0.3) is 11.0 Å². The molecule has 6 heteroatoms. The number of carbonyl (C=O) groups excluding carboxylic acids is 2. The van der Waals surface area contributed by atoms with Gasteiger partial charge in [-0.3, -0.25) is 14.5 Å². The summed E-state index contributed by atoms with van der Waals surface area (Å²) in [4.78, 5) is 25.4. The van der Waals surface area contributed by atoms with E-state index in [0.717, 1.165) is 25.7 Å². The molecule has 120 valence electrons. The Hall–Kier alpha value is -1.82. The van der Waals surface area contributed by atoms with Gasteiger partial charge in [-0.2, -0.15) is 0 Å². The van der Waals surface area contributed by atoms with Gasteiger partial charge in [-0.15, -0.1) is 0 Å². The number of fused-ring (bicyclic) bond motifs is 2. The van der Waals surface area contributed by atoms with Crippen LogP contribution in [0, 0.1) is 12.7 Å². The second-order valence-electron chi connectivity index (χ2n) is 6.16. The molecule has 1 saturated heterocycles. The molecule has 2 aromatic rings. The average molecular weight is 333 g/mol. The molecule has 4 rings (SSSR count). The monoisotopic (exact) mass is 333 g/mol. The highest BCUT2D eigenvalue weighted by molar-refractivity contribution is 8.14. The van der Waals surface area contributed by atoms with Crippen LogP contribution in [0.4, 0.5) is 14.9 Å². The van der Waals surface area contributed by atoms with Crippen LogP contribution in [0.15, 0.2) is 16.7 Å². The number of furan rings is 1. The SMILES string of the molecule is Cc1c(C=O)cc2c(N3C(=O)S[C@H]4CCCC[C@H]43)coc2c1F. The molecule has 2 fully saturated rings. The van der Waals surface area contributed by atoms with Crippen molar-refractivity contribution in [2.75, 3.05) is 4.90 Å². The van der Waals surface area contributed by atoms with E-state index in [4.69, 9.17) is 4.42 Å². The van der Waals surface area contributed by atoms with Crippen molar-refractivity contribution in [1.29, 1.82) is 0 Å². The van der Waals surface area contributed by atoms with Crippen molar-refractivity contribution in [3.63, 3.8) is 0 Å². The number of thioether (sulfide) groups is 1. The predicted molar refractivity (Wildman–Crippen MR) is 87.8 cm³/mol. The van der Waals surface area contributed by atoms with Crippen molar-refractivity contribution in [3.05, 3.63) is 29.3 Å². The zero-order valence-electron chi connectivity index (χ0n) is 12.7. The van der Waals surface area contributed by atoms with E-state index < -0.39 is 5.82 Å². The average Bonchev–Trinajstić information content (AvgIpc) is 3.10. The highest BCUT2D eigenvalue weighted by Gasteiger charge is 2.43. The summed E-state index contributed by atoms with van der Waals surface area (Å²) in [6, 6.07) is 1.75. The Labute approximate surface area is 137 Å². The number of aldehydes is 1. The Morgan fingerprint density at radius 2 is 2.17 bits per heavy atom. The molecular formula is C17H16FNO3S. The van der Waals surface area contributed by atoms with Crippen molar-refractivity contribution in [2.24, 2.45) is 0 Å². The summed E-state index contributed by atoms with van der Waals surface area (Å²) in [5, 5.41) is 0.774. The fourth-order valence-electron chi connectivity index (χ4n) is 3.65. The van der Waals surface area contributed by atoms with Crippen LogP contribution in [0.1, 0.15) is 41.6 Å². The first-order chi connectivity index (χ1) is 11.1. The molecule has 2 atom stereocenters. The molecule has 0 N–H and O–H groups in total. The van der Waals surface area contributed by atoms with Crippen molar-refractivity contribution >= 4 is 39.9 Å². The van der Waals surface area contributed by atoms with Crippen molar-refractivity contribution in [2.45, 2.75) is 43.9 Å². The highest BCUT2D eigenvalue weighted by Crippen LogP contribution is 2.45. The Bertz CT molecular complexity index is 816. The van der Waals surface area contributed by atoms with E-state index in [9.17, 15) is 14.0 Å². The Morgan fingerprint density at radius 1 is 1.39 bits per heavy atom. The largest absolute Gasteiger partial charge is 0.459 e. The smallest absolute Gasteiger partial charge is 0.286 e. The summed E-state index contributed by atoms with van der Waals surface area (Å²) in [6.07, 6.45) is 6.29. The van der Waals surface area contributed by atoms with Gasteiger partial charge in [0.1, 0.15) is 12.5 Å².